The average molecular weight is 411 g/mol. The highest BCUT2D eigenvalue weighted by molar-refractivity contribution is 7.99. The molecule has 2 N–H and O–H groups in total. The summed E-state index contributed by atoms with van der Waals surface area (Å²) < 4.78 is 0. The summed E-state index contributed by atoms with van der Waals surface area (Å²) in [6, 6.07) is 18.9. The highest BCUT2D eigenvalue weighted by Crippen LogP contribution is 2.36. The predicted molar refractivity (Wildman–Crippen MR) is 107 cm³/mol. The maximum absolute atomic E-state index is 10.1. The van der Waals surface area contributed by atoms with Crippen molar-refractivity contribution in [1.82, 2.24) is 0 Å². The summed E-state index contributed by atoms with van der Waals surface area (Å²) in [7, 11) is 0. The minimum atomic E-state index is -0.00829. The molecule has 0 saturated carbocycles. The highest BCUT2D eigenvalue weighted by Gasteiger charge is 2.09. The quantitative estimate of drug-likeness (QED) is 0.439. The van der Waals surface area contributed by atoms with Crippen LogP contribution in [0.2, 0.25) is 15.1 Å². The van der Waals surface area contributed by atoms with Gasteiger partial charge < -0.3 is 10.4 Å². The van der Waals surface area contributed by atoms with Crippen LogP contribution in [0.1, 0.15) is 5.56 Å². The van der Waals surface area contributed by atoms with Gasteiger partial charge in [-0.3, -0.25) is 0 Å². The highest BCUT2D eigenvalue weighted by atomic mass is 35.5. The lowest BCUT2D eigenvalue weighted by molar-refractivity contribution is 0.477. The van der Waals surface area contributed by atoms with E-state index < -0.39 is 0 Å². The van der Waals surface area contributed by atoms with Crippen molar-refractivity contribution in [3.8, 4) is 5.75 Å². The lowest BCUT2D eigenvalue weighted by Gasteiger charge is -2.13. The Morgan fingerprint density at radius 2 is 1.68 bits per heavy atom. The summed E-state index contributed by atoms with van der Waals surface area (Å²) in [6.45, 7) is 0.522. The molecule has 0 radical (unpaired) electrons. The molecule has 0 atom stereocenters. The SMILES string of the molecule is Oc1c(Cl)cc(Cl)cc1NCc1ccccc1Sc1cccc(Cl)c1. The summed E-state index contributed by atoms with van der Waals surface area (Å²) in [4.78, 5) is 2.17. The first-order chi connectivity index (χ1) is 12.0. The van der Waals surface area contributed by atoms with Gasteiger partial charge in [0.15, 0.2) is 5.75 Å². The zero-order valence-corrected chi connectivity index (χ0v) is 16.1. The molecule has 0 heterocycles. The first-order valence-electron chi connectivity index (χ1n) is 7.46. The van der Waals surface area contributed by atoms with Crippen LogP contribution >= 0.6 is 46.6 Å². The van der Waals surface area contributed by atoms with Crippen molar-refractivity contribution in [3.63, 3.8) is 0 Å². The Kier molecular flexibility index (Phi) is 6.02. The maximum atomic E-state index is 10.1. The van der Waals surface area contributed by atoms with Crippen LogP contribution in [-0.4, -0.2) is 5.11 Å². The van der Waals surface area contributed by atoms with Gasteiger partial charge in [0.2, 0.25) is 0 Å². The van der Waals surface area contributed by atoms with Crippen LogP contribution < -0.4 is 5.32 Å². The molecule has 0 aliphatic rings. The standard InChI is InChI=1S/C19H14Cl3NOS/c20-13-5-3-6-15(8-13)25-18-7-2-1-4-12(18)11-23-17-10-14(21)9-16(22)19(17)24/h1-10,23-24H,11H2. The lowest BCUT2D eigenvalue weighted by atomic mass is 10.2. The van der Waals surface area contributed by atoms with Gasteiger partial charge in [-0.1, -0.05) is 70.8 Å². The van der Waals surface area contributed by atoms with Crippen LogP contribution in [0.3, 0.4) is 0 Å². The van der Waals surface area contributed by atoms with Gasteiger partial charge >= 0.3 is 0 Å². The molecule has 0 bridgehead atoms. The van der Waals surface area contributed by atoms with Gasteiger partial charge in [0.05, 0.1) is 10.7 Å². The molecule has 0 unspecified atom stereocenters. The molecule has 0 spiro atoms. The van der Waals surface area contributed by atoms with E-state index in [-0.39, 0.29) is 10.8 Å². The number of nitrogens with one attached hydrogen (secondary N) is 1. The van der Waals surface area contributed by atoms with E-state index >= 15 is 0 Å². The summed E-state index contributed by atoms with van der Waals surface area (Å²) >= 11 is 19.7. The summed E-state index contributed by atoms with van der Waals surface area (Å²) in [5.41, 5.74) is 1.59. The van der Waals surface area contributed by atoms with Gasteiger partial charge in [-0.15, -0.1) is 0 Å². The van der Waals surface area contributed by atoms with Crippen LogP contribution in [0.15, 0.2) is 70.5 Å². The first-order valence-corrected chi connectivity index (χ1v) is 9.41. The number of hydrogen-bond donors (Lipinski definition) is 2. The van der Waals surface area contributed by atoms with E-state index in [1.54, 1.807) is 17.8 Å². The Balaban J connectivity index is 1.80. The van der Waals surface area contributed by atoms with Crippen molar-refractivity contribution >= 4 is 52.3 Å². The van der Waals surface area contributed by atoms with E-state index in [1.165, 1.54) is 6.07 Å². The third kappa shape index (κ3) is 4.77. The number of benzene rings is 3. The van der Waals surface area contributed by atoms with E-state index in [0.29, 0.717) is 22.3 Å². The molecule has 0 aliphatic heterocycles. The van der Waals surface area contributed by atoms with Crippen molar-refractivity contribution in [2.24, 2.45) is 0 Å². The fourth-order valence-corrected chi connectivity index (χ4v) is 4.05. The second-order valence-electron chi connectivity index (χ2n) is 5.30. The van der Waals surface area contributed by atoms with Gasteiger partial charge in [0.1, 0.15) is 0 Å². The summed E-state index contributed by atoms with van der Waals surface area (Å²) in [5.74, 6) is -0.00829. The molecular weight excluding hydrogens is 397 g/mol. The number of phenols is 1. The third-order valence-corrected chi connectivity index (χ3v) is 5.34. The number of hydrogen-bond acceptors (Lipinski definition) is 3. The van der Waals surface area contributed by atoms with Gasteiger partial charge in [0.25, 0.3) is 0 Å². The van der Waals surface area contributed by atoms with Crippen molar-refractivity contribution in [2.45, 2.75) is 16.3 Å². The number of rotatable bonds is 5. The normalized spacial score (nSPS) is 10.7. The number of phenolic OH excluding ortho intramolecular Hbond substituents is 1. The minimum absolute atomic E-state index is 0.00829. The van der Waals surface area contributed by atoms with Crippen molar-refractivity contribution in [2.75, 3.05) is 5.32 Å². The van der Waals surface area contributed by atoms with E-state index in [0.717, 1.165) is 15.4 Å². The average Bonchev–Trinajstić information content (AvgIpc) is 2.58. The number of aromatic hydroxyl groups is 1. The zero-order valence-electron chi connectivity index (χ0n) is 13.0. The summed E-state index contributed by atoms with van der Waals surface area (Å²) in [6.07, 6.45) is 0. The first kappa shape index (κ1) is 18.3. The Bertz CT molecular complexity index is 902. The van der Waals surface area contributed by atoms with E-state index in [2.05, 4.69) is 5.32 Å². The third-order valence-electron chi connectivity index (χ3n) is 3.49. The molecule has 6 heteroatoms. The molecule has 0 aliphatic carbocycles. The maximum Gasteiger partial charge on any atom is 0.157 e. The second-order valence-corrected chi connectivity index (χ2v) is 7.70. The van der Waals surface area contributed by atoms with Crippen LogP contribution in [0.5, 0.6) is 5.75 Å². The van der Waals surface area contributed by atoms with Crippen molar-refractivity contribution in [1.29, 1.82) is 0 Å². The minimum Gasteiger partial charge on any atom is -0.504 e. The molecule has 0 amide bonds. The van der Waals surface area contributed by atoms with E-state index in [1.807, 2.05) is 48.5 Å². The molecule has 3 aromatic rings. The molecule has 0 fully saturated rings. The van der Waals surface area contributed by atoms with E-state index in [4.69, 9.17) is 34.8 Å². The molecule has 0 saturated heterocycles. The topological polar surface area (TPSA) is 32.3 Å². The second kappa shape index (κ2) is 8.24. The molecule has 3 rings (SSSR count). The van der Waals surface area contributed by atoms with Crippen LogP contribution in [-0.2, 0) is 6.54 Å². The molecule has 3 aromatic carbocycles. The molecule has 128 valence electrons. The van der Waals surface area contributed by atoms with Gasteiger partial charge in [0, 0.05) is 26.4 Å². The fraction of sp³-hybridized carbons (Fsp3) is 0.0526. The Labute approximate surface area is 165 Å². The Hall–Kier alpha value is -1.52. The Morgan fingerprint density at radius 3 is 2.48 bits per heavy atom. The monoisotopic (exact) mass is 409 g/mol. The van der Waals surface area contributed by atoms with Crippen LogP contribution in [0.25, 0.3) is 0 Å². The number of halogens is 3. The predicted octanol–water partition coefficient (Wildman–Crippen LogP) is 7.12. The van der Waals surface area contributed by atoms with Crippen LogP contribution in [0.4, 0.5) is 5.69 Å². The zero-order chi connectivity index (χ0) is 17.8. The van der Waals surface area contributed by atoms with Crippen molar-refractivity contribution < 1.29 is 5.11 Å². The smallest absolute Gasteiger partial charge is 0.157 e. The largest absolute Gasteiger partial charge is 0.504 e. The number of anilines is 1. The molecule has 25 heavy (non-hydrogen) atoms. The lowest BCUT2D eigenvalue weighted by Crippen LogP contribution is -2.01. The Morgan fingerprint density at radius 1 is 0.880 bits per heavy atom. The molecular formula is C19H14Cl3NOS. The molecule has 2 nitrogen and oxygen atoms in total. The molecule has 0 aromatic heterocycles. The van der Waals surface area contributed by atoms with Gasteiger partial charge in [-0.25, -0.2) is 0 Å². The van der Waals surface area contributed by atoms with Crippen LogP contribution in [0, 0.1) is 0 Å². The van der Waals surface area contributed by atoms with Gasteiger partial charge in [-0.2, -0.15) is 0 Å². The van der Waals surface area contributed by atoms with E-state index in [9.17, 15) is 5.11 Å². The summed E-state index contributed by atoms with van der Waals surface area (Å²) in [5, 5.41) is 14.6. The van der Waals surface area contributed by atoms with Gasteiger partial charge in [-0.05, 0) is 42.0 Å². The van der Waals surface area contributed by atoms with Crippen molar-refractivity contribution in [3.05, 3.63) is 81.3 Å². The fourth-order valence-electron chi connectivity index (χ4n) is 2.30.